The smallest absolute Gasteiger partial charge is 0.229 e. The summed E-state index contributed by atoms with van der Waals surface area (Å²) in [6.07, 6.45) is 2.09. The van der Waals surface area contributed by atoms with Crippen molar-refractivity contribution >= 4 is 0 Å². The van der Waals surface area contributed by atoms with E-state index in [1.807, 2.05) is 0 Å². The molecule has 1 aromatic rings. The quantitative estimate of drug-likeness (QED) is 0.901. The number of rotatable bonds is 3. The minimum Gasteiger partial charge on any atom is -0.367 e. The molecule has 0 saturated carbocycles. The molecule has 2 saturated heterocycles. The minimum atomic E-state index is -0.0414. The van der Waals surface area contributed by atoms with Crippen molar-refractivity contribution in [2.24, 2.45) is 0 Å². The lowest BCUT2D eigenvalue weighted by molar-refractivity contribution is -0.0334. The van der Waals surface area contributed by atoms with Crippen molar-refractivity contribution in [1.29, 1.82) is 0 Å². The van der Waals surface area contributed by atoms with Crippen LogP contribution in [0.2, 0.25) is 0 Å². The zero-order chi connectivity index (χ0) is 13.9. The summed E-state index contributed by atoms with van der Waals surface area (Å²) in [6, 6.07) is 0.519. The number of hydrogen-bond acceptors (Lipinski definition) is 6. The highest BCUT2D eigenvalue weighted by Crippen LogP contribution is 2.28. The second-order valence-corrected chi connectivity index (χ2v) is 5.82. The summed E-state index contributed by atoms with van der Waals surface area (Å²) in [5, 5.41) is 7.59. The van der Waals surface area contributed by atoms with E-state index in [1.54, 1.807) is 0 Å². The van der Waals surface area contributed by atoms with Gasteiger partial charge in [0.1, 0.15) is 6.10 Å². The number of piperidine rings is 1. The van der Waals surface area contributed by atoms with Gasteiger partial charge in [0.25, 0.3) is 0 Å². The lowest BCUT2D eigenvalue weighted by Gasteiger charge is -2.30. The second kappa shape index (κ2) is 6.20. The van der Waals surface area contributed by atoms with Gasteiger partial charge in [-0.25, -0.2) is 0 Å². The van der Waals surface area contributed by atoms with Gasteiger partial charge in [-0.2, -0.15) is 4.98 Å². The molecule has 0 aliphatic carbocycles. The third-order valence-corrected chi connectivity index (χ3v) is 4.32. The van der Waals surface area contributed by atoms with Crippen LogP contribution < -0.4 is 5.32 Å². The summed E-state index contributed by atoms with van der Waals surface area (Å²) >= 11 is 0. The number of likely N-dealkylation sites (N-methyl/N-ethyl adjacent to an activating group) is 1. The van der Waals surface area contributed by atoms with Gasteiger partial charge in [0.2, 0.25) is 11.7 Å². The van der Waals surface area contributed by atoms with Crippen LogP contribution in [0.25, 0.3) is 0 Å². The molecular formula is C14H24N4O2. The largest absolute Gasteiger partial charge is 0.367 e. The highest BCUT2D eigenvalue weighted by Gasteiger charge is 2.29. The van der Waals surface area contributed by atoms with Crippen LogP contribution in [0.1, 0.15) is 50.4 Å². The Morgan fingerprint density at radius 3 is 3.15 bits per heavy atom. The Kier molecular flexibility index (Phi) is 4.33. The van der Waals surface area contributed by atoms with E-state index in [2.05, 4.69) is 34.2 Å². The van der Waals surface area contributed by atoms with Crippen molar-refractivity contribution < 1.29 is 9.26 Å². The molecule has 1 N–H and O–H groups in total. The van der Waals surface area contributed by atoms with Gasteiger partial charge >= 0.3 is 0 Å². The first-order valence-corrected chi connectivity index (χ1v) is 7.67. The molecule has 6 heteroatoms. The molecule has 3 unspecified atom stereocenters. The van der Waals surface area contributed by atoms with Crippen molar-refractivity contribution in [2.75, 3.05) is 32.8 Å². The van der Waals surface area contributed by atoms with E-state index in [-0.39, 0.29) is 6.10 Å². The fourth-order valence-corrected chi connectivity index (χ4v) is 3.05. The zero-order valence-corrected chi connectivity index (χ0v) is 12.3. The Morgan fingerprint density at radius 2 is 2.35 bits per heavy atom. The summed E-state index contributed by atoms with van der Waals surface area (Å²) in [5.41, 5.74) is 0. The van der Waals surface area contributed by atoms with E-state index in [0.29, 0.717) is 17.8 Å². The van der Waals surface area contributed by atoms with E-state index in [0.717, 1.165) is 51.5 Å². The normalized spacial score (nSPS) is 32.4. The molecule has 0 bridgehead atoms. The molecule has 2 aliphatic heterocycles. The van der Waals surface area contributed by atoms with Crippen molar-refractivity contribution in [1.82, 2.24) is 20.4 Å². The first-order valence-electron chi connectivity index (χ1n) is 7.67. The predicted octanol–water partition coefficient (Wildman–Crippen LogP) is 1.32. The molecule has 3 rings (SSSR count). The van der Waals surface area contributed by atoms with Gasteiger partial charge in [-0.05, 0) is 32.9 Å². The summed E-state index contributed by atoms with van der Waals surface area (Å²) in [6.45, 7) is 9.02. The van der Waals surface area contributed by atoms with Crippen LogP contribution in [0.4, 0.5) is 0 Å². The first kappa shape index (κ1) is 14.0. The summed E-state index contributed by atoms with van der Waals surface area (Å²) in [7, 11) is 0. The fraction of sp³-hybridized carbons (Fsp3) is 0.857. The number of ether oxygens (including phenoxy) is 1. The van der Waals surface area contributed by atoms with Crippen LogP contribution in [-0.2, 0) is 4.74 Å². The second-order valence-electron chi connectivity index (χ2n) is 5.82. The van der Waals surface area contributed by atoms with E-state index >= 15 is 0 Å². The Balaban J connectivity index is 1.66. The standard InChI is InChI=1S/C14H24N4O2/c1-3-18-6-7-19-12(9-18)13-16-14(20-17-13)11-4-5-15-10(2)8-11/h10-12,15H,3-9H2,1-2H3. The van der Waals surface area contributed by atoms with Crippen molar-refractivity contribution in [3.05, 3.63) is 11.7 Å². The van der Waals surface area contributed by atoms with Gasteiger partial charge < -0.3 is 14.6 Å². The molecule has 0 radical (unpaired) electrons. The number of hydrogen-bond donors (Lipinski definition) is 1. The van der Waals surface area contributed by atoms with Crippen LogP contribution in [0.5, 0.6) is 0 Å². The van der Waals surface area contributed by atoms with E-state index in [9.17, 15) is 0 Å². The minimum absolute atomic E-state index is 0.0414. The van der Waals surface area contributed by atoms with Gasteiger partial charge in [-0.15, -0.1) is 0 Å². The van der Waals surface area contributed by atoms with Crippen molar-refractivity contribution in [3.8, 4) is 0 Å². The van der Waals surface area contributed by atoms with Crippen LogP contribution in [0, 0.1) is 0 Å². The highest BCUT2D eigenvalue weighted by molar-refractivity contribution is 5.00. The maximum Gasteiger partial charge on any atom is 0.229 e. The van der Waals surface area contributed by atoms with Gasteiger partial charge in [-0.1, -0.05) is 12.1 Å². The summed E-state index contributed by atoms with van der Waals surface area (Å²) in [5.74, 6) is 1.88. The molecule has 3 heterocycles. The predicted molar refractivity (Wildman–Crippen MR) is 74.5 cm³/mol. The van der Waals surface area contributed by atoms with Crippen LogP contribution in [0.15, 0.2) is 4.52 Å². The number of nitrogens with zero attached hydrogens (tertiary/aromatic N) is 3. The summed E-state index contributed by atoms with van der Waals surface area (Å²) < 4.78 is 11.3. The number of nitrogens with one attached hydrogen (secondary N) is 1. The Morgan fingerprint density at radius 1 is 1.45 bits per heavy atom. The maximum atomic E-state index is 5.78. The zero-order valence-electron chi connectivity index (χ0n) is 12.3. The van der Waals surface area contributed by atoms with Crippen LogP contribution >= 0.6 is 0 Å². The average molecular weight is 280 g/mol. The molecule has 2 aliphatic rings. The van der Waals surface area contributed by atoms with Crippen LogP contribution in [-0.4, -0.2) is 53.9 Å². The maximum absolute atomic E-state index is 5.78. The fourth-order valence-electron chi connectivity index (χ4n) is 3.05. The molecule has 0 spiro atoms. The SMILES string of the molecule is CCN1CCOC(c2noc(C3CCNC(C)C3)n2)C1. The molecule has 20 heavy (non-hydrogen) atoms. The Hall–Kier alpha value is -0.980. The van der Waals surface area contributed by atoms with E-state index in [4.69, 9.17) is 9.26 Å². The van der Waals surface area contributed by atoms with Crippen LogP contribution in [0.3, 0.4) is 0 Å². The van der Waals surface area contributed by atoms with Crippen molar-refractivity contribution in [3.63, 3.8) is 0 Å². The lowest BCUT2D eigenvalue weighted by Crippen LogP contribution is -2.38. The third kappa shape index (κ3) is 3.02. The highest BCUT2D eigenvalue weighted by atomic mass is 16.5. The van der Waals surface area contributed by atoms with Gasteiger partial charge in [0.15, 0.2) is 0 Å². The van der Waals surface area contributed by atoms with E-state index in [1.165, 1.54) is 0 Å². The van der Waals surface area contributed by atoms with Crippen molar-refractivity contribution in [2.45, 2.75) is 44.8 Å². The molecule has 1 aromatic heterocycles. The first-order chi connectivity index (χ1) is 9.76. The topological polar surface area (TPSA) is 63.4 Å². The average Bonchev–Trinajstić information content (AvgIpc) is 2.97. The molecule has 0 amide bonds. The third-order valence-electron chi connectivity index (χ3n) is 4.32. The van der Waals surface area contributed by atoms with Gasteiger partial charge in [-0.3, -0.25) is 4.90 Å². The van der Waals surface area contributed by atoms with Gasteiger partial charge in [0.05, 0.1) is 6.61 Å². The van der Waals surface area contributed by atoms with Gasteiger partial charge in [0, 0.05) is 25.0 Å². The molecule has 2 fully saturated rings. The lowest BCUT2D eigenvalue weighted by atomic mass is 9.93. The number of aromatic nitrogens is 2. The summed E-state index contributed by atoms with van der Waals surface area (Å²) in [4.78, 5) is 6.96. The molecule has 3 atom stereocenters. The van der Waals surface area contributed by atoms with E-state index < -0.39 is 0 Å². The number of morpholine rings is 1. The molecule has 0 aromatic carbocycles. The monoisotopic (exact) mass is 280 g/mol. The molecule has 6 nitrogen and oxygen atoms in total. The Bertz CT molecular complexity index is 437. The molecular weight excluding hydrogens is 256 g/mol. The Labute approximate surface area is 119 Å². The molecule has 112 valence electrons.